The molecule has 0 saturated carbocycles. The van der Waals surface area contributed by atoms with Gasteiger partial charge in [0.2, 0.25) is 15.9 Å². The molecule has 0 fully saturated rings. The van der Waals surface area contributed by atoms with E-state index in [0.717, 1.165) is 27.4 Å². The molecule has 2 N–H and O–H groups in total. The Morgan fingerprint density at radius 1 is 1.19 bits per heavy atom. The van der Waals surface area contributed by atoms with E-state index in [9.17, 15) is 17.6 Å². The second-order valence-electron chi connectivity index (χ2n) is 5.57. The molecule has 0 unspecified atom stereocenters. The maximum Gasteiger partial charge on any atom is 0.240 e. The number of anilines is 1. The molecular weight excluding hydrogens is 377 g/mol. The minimum atomic E-state index is -3.77. The number of amides is 1. The molecule has 0 bridgehead atoms. The lowest BCUT2D eigenvalue weighted by Gasteiger charge is -2.08. The summed E-state index contributed by atoms with van der Waals surface area (Å²) in [5.74, 6) is -0.830. The van der Waals surface area contributed by atoms with E-state index >= 15 is 0 Å². The van der Waals surface area contributed by atoms with Crippen LogP contribution in [0, 0.1) is 12.7 Å². The predicted molar refractivity (Wildman–Crippen MR) is 99.2 cm³/mol. The number of nitrogens with zero attached hydrogens (tertiary/aromatic N) is 1. The molecule has 1 aromatic heterocycles. The quantitative estimate of drug-likeness (QED) is 0.674. The summed E-state index contributed by atoms with van der Waals surface area (Å²) >= 11 is 1.53. The number of sulfonamides is 1. The second kappa shape index (κ2) is 7.48. The standard InChI is InChI=1S/C17H16FN3O3S2/c1-11-20-15-7-4-13(10-16(15)25-11)21-17(22)8-9-19-26(23,24)14-5-2-12(18)3-6-14/h2-7,10,19H,8-9H2,1H3,(H,21,22). The van der Waals surface area contributed by atoms with Gasteiger partial charge in [-0.15, -0.1) is 11.3 Å². The first-order chi connectivity index (χ1) is 12.3. The lowest BCUT2D eigenvalue weighted by molar-refractivity contribution is -0.116. The fourth-order valence-electron chi connectivity index (χ4n) is 2.34. The Kier molecular flexibility index (Phi) is 5.30. The molecule has 6 nitrogen and oxygen atoms in total. The third kappa shape index (κ3) is 4.43. The first kappa shape index (κ1) is 18.4. The number of halogens is 1. The van der Waals surface area contributed by atoms with Gasteiger partial charge in [0.25, 0.3) is 0 Å². The number of nitrogens with one attached hydrogen (secondary N) is 2. The molecule has 2 aromatic carbocycles. The van der Waals surface area contributed by atoms with Crippen molar-refractivity contribution in [1.82, 2.24) is 9.71 Å². The van der Waals surface area contributed by atoms with Gasteiger partial charge in [-0.25, -0.2) is 22.5 Å². The number of aryl methyl sites for hydroxylation is 1. The van der Waals surface area contributed by atoms with Crippen molar-refractivity contribution in [2.45, 2.75) is 18.2 Å². The van der Waals surface area contributed by atoms with Gasteiger partial charge in [0, 0.05) is 18.7 Å². The maximum atomic E-state index is 12.9. The van der Waals surface area contributed by atoms with Crippen LogP contribution in [-0.4, -0.2) is 25.9 Å². The highest BCUT2D eigenvalue weighted by atomic mass is 32.2. The highest BCUT2D eigenvalue weighted by Crippen LogP contribution is 2.24. The molecule has 0 saturated heterocycles. The Balaban J connectivity index is 1.55. The van der Waals surface area contributed by atoms with Gasteiger partial charge in [-0.3, -0.25) is 4.79 Å². The summed E-state index contributed by atoms with van der Waals surface area (Å²) in [6.45, 7) is 1.85. The monoisotopic (exact) mass is 393 g/mol. The number of fused-ring (bicyclic) bond motifs is 1. The SMILES string of the molecule is Cc1nc2ccc(NC(=O)CCNS(=O)(=O)c3ccc(F)cc3)cc2s1. The van der Waals surface area contributed by atoms with Gasteiger partial charge in [0.1, 0.15) is 5.82 Å². The van der Waals surface area contributed by atoms with Crippen LogP contribution in [0.4, 0.5) is 10.1 Å². The molecule has 26 heavy (non-hydrogen) atoms. The molecule has 1 amide bonds. The zero-order valence-corrected chi connectivity index (χ0v) is 15.5. The van der Waals surface area contributed by atoms with Gasteiger partial charge >= 0.3 is 0 Å². The second-order valence-corrected chi connectivity index (χ2v) is 8.57. The smallest absolute Gasteiger partial charge is 0.240 e. The number of benzene rings is 2. The van der Waals surface area contributed by atoms with E-state index in [4.69, 9.17) is 0 Å². The average Bonchev–Trinajstić information content (AvgIpc) is 2.94. The number of aromatic nitrogens is 1. The highest BCUT2D eigenvalue weighted by molar-refractivity contribution is 7.89. The molecule has 3 aromatic rings. The Morgan fingerprint density at radius 3 is 2.65 bits per heavy atom. The lowest BCUT2D eigenvalue weighted by Crippen LogP contribution is -2.27. The van der Waals surface area contributed by atoms with E-state index in [1.807, 2.05) is 19.1 Å². The van der Waals surface area contributed by atoms with Crippen LogP contribution in [-0.2, 0) is 14.8 Å². The highest BCUT2D eigenvalue weighted by Gasteiger charge is 2.14. The molecule has 1 heterocycles. The van der Waals surface area contributed by atoms with Crippen LogP contribution in [0.2, 0.25) is 0 Å². The first-order valence-electron chi connectivity index (χ1n) is 7.76. The number of carbonyl (C=O) groups is 1. The lowest BCUT2D eigenvalue weighted by atomic mass is 10.3. The van der Waals surface area contributed by atoms with Gasteiger partial charge in [-0.1, -0.05) is 0 Å². The molecule has 136 valence electrons. The number of hydrogen-bond acceptors (Lipinski definition) is 5. The Labute approximate surface area is 154 Å². The molecule has 0 atom stereocenters. The zero-order valence-electron chi connectivity index (χ0n) is 13.8. The van der Waals surface area contributed by atoms with Crippen LogP contribution < -0.4 is 10.0 Å². The summed E-state index contributed by atoms with van der Waals surface area (Å²) in [5.41, 5.74) is 1.50. The number of rotatable bonds is 6. The topological polar surface area (TPSA) is 88.2 Å². The van der Waals surface area contributed by atoms with Crippen LogP contribution in [0.3, 0.4) is 0 Å². The summed E-state index contributed by atoms with van der Waals surface area (Å²) in [6.07, 6.45) is -0.0276. The number of hydrogen-bond donors (Lipinski definition) is 2. The van der Waals surface area contributed by atoms with Crippen molar-refractivity contribution in [3.63, 3.8) is 0 Å². The molecule has 0 aliphatic heterocycles. The van der Waals surface area contributed by atoms with E-state index in [-0.39, 0.29) is 23.8 Å². The van der Waals surface area contributed by atoms with Crippen molar-refractivity contribution in [3.05, 3.63) is 53.3 Å². The largest absolute Gasteiger partial charge is 0.326 e. The minimum Gasteiger partial charge on any atom is -0.326 e. The van der Waals surface area contributed by atoms with Crippen molar-refractivity contribution in [2.24, 2.45) is 0 Å². The predicted octanol–water partition coefficient (Wildman–Crippen LogP) is 3.05. The van der Waals surface area contributed by atoms with Crippen molar-refractivity contribution in [1.29, 1.82) is 0 Å². The average molecular weight is 393 g/mol. The number of thiazole rings is 1. The third-order valence-corrected chi connectivity index (χ3v) is 5.96. The molecule has 0 aliphatic rings. The van der Waals surface area contributed by atoms with Crippen LogP contribution in [0.5, 0.6) is 0 Å². The van der Waals surface area contributed by atoms with E-state index in [1.54, 1.807) is 6.07 Å². The number of carbonyl (C=O) groups excluding carboxylic acids is 1. The van der Waals surface area contributed by atoms with Crippen molar-refractivity contribution >= 4 is 43.2 Å². The summed E-state index contributed by atoms with van der Waals surface area (Å²) in [4.78, 5) is 16.3. The summed E-state index contributed by atoms with van der Waals surface area (Å²) < 4.78 is 40.3. The third-order valence-electron chi connectivity index (χ3n) is 3.55. The van der Waals surface area contributed by atoms with E-state index < -0.39 is 15.8 Å². The maximum absolute atomic E-state index is 12.9. The Hall–Kier alpha value is -2.36. The summed E-state index contributed by atoms with van der Waals surface area (Å²) in [5, 5.41) is 3.68. The summed E-state index contributed by atoms with van der Waals surface area (Å²) in [6, 6.07) is 9.89. The van der Waals surface area contributed by atoms with Crippen molar-refractivity contribution in [2.75, 3.05) is 11.9 Å². The van der Waals surface area contributed by atoms with Crippen LogP contribution in [0.1, 0.15) is 11.4 Å². The summed E-state index contributed by atoms with van der Waals surface area (Å²) in [7, 11) is -3.77. The van der Waals surface area contributed by atoms with Gasteiger partial charge in [0.05, 0.1) is 20.1 Å². The van der Waals surface area contributed by atoms with E-state index in [1.165, 1.54) is 23.5 Å². The van der Waals surface area contributed by atoms with Gasteiger partial charge in [-0.05, 0) is 49.4 Å². The van der Waals surface area contributed by atoms with Crippen LogP contribution >= 0.6 is 11.3 Å². The van der Waals surface area contributed by atoms with E-state index in [0.29, 0.717) is 5.69 Å². The Bertz CT molecular complexity index is 1050. The first-order valence-corrected chi connectivity index (χ1v) is 10.1. The fraction of sp³-hybridized carbons (Fsp3) is 0.176. The molecule has 0 radical (unpaired) electrons. The van der Waals surface area contributed by atoms with Crippen LogP contribution in [0.25, 0.3) is 10.2 Å². The molecule has 3 rings (SSSR count). The molecule has 9 heteroatoms. The van der Waals surface area contributed by atoms with E-state index in [2.05, 4.69) is 15.0 Å². The fourth-order valence-corrected chi connectivity index (χ4v) is 4.24. The molecule has 0 spiro atoms. The minimum absolute atomic E-state index is 0.0276. The van der Waals surface area contributed by atoms with Crippen molar-refractivity contribution < 1.29 is 17.6 Å². The molecular formula is C17H16FN3O3S2. The van der Waals surface area contributed by atoms with Crippen LogP contribution in [0.15, 0.2) is 47.4 Å². The van der Waals surface area contributed by atoms with Crippen molar-refractivity contribution in [3.8, 4) is 0 Å². The van der Waals surface area contributed by atoms with Gasteiger partial charge in [0.15, 0.2) is 0 Å². The van der Waals surface area contributed by atoms with Gasteiger partial charge in [-0.2, -0.15) is 0 Å². The zero-order chi connectivity index (χ0) is 18.7. The van der Waals surface area contributed by atoms with Gasteiger partial charge < -0.3 is 5.32 Å². The normalized spacial score (nSPS) is 11.6. The Morgan fingerprint density at radius 2 is 1.92 bits per heavy atom. The molecule has 0 aliphatic carbocycles.